The summed E-state index contributed by atoms with van der Waals surface area (Å²) in [5.74, 6) is 0.199. The third-order valence-electron chi connectivity index (χ3n) is 5.34. The fourth-order valence-corrected chi connectivity index (χ4v) is 3.59. The average molecular weight is 447 g/mol. The van der Waals surface area contributed by atoms with E-state index in [9.17, 15) is 9.59 Å². The zero-order valence-corrected chi connectivity index (χ0v) is 18.6. The Labute approximate surface area is 191 Å². The van der Waals surface area contributed by atoms with Gasteiger partial charge in [-0.25, -0.2) is 4.98 Å². The van der Waals surface area contributed by atoms with Crippen molar-refractivity contribution in [1.29, 1.82) is 0 Å². The number of rotatable bonds is 6. The van der Waals surface area contributed by atoms with Crippen LogP contribution in [-0.2, 0) is 17.9 Å². The number of nitrogens with one attached hydrogen (secondary N) is 2. The van der Waals surface area contributed by atoms with Crippen molar-refractivity contribution in [2.24, 2.45) is 0 Å². The van der Waals surface area contributed by atoms with Crippen LogP contribution in [0.25, 0.3) is 11.0 Å². The first kappa shape index (κ1) is 21.6. The first-order valence-electron chi connectivity index (χ1n) is 10.3. The lowest BCUT2D eigenvalue weighted by molar-refractivity contribution is -0.116. The van der Waals surface area contributed by atoms with Crippen LogP contribution in [0.15, 0.2) is 66.7 Å². The zero-order valence-electron chi connectivity index (χ0n) is 17.9. The lowest BCUT2D eigenvalue weighted by Gasteiger charge is -2.12. The lowest BCUT2D eigenvalue weighted by atomic mass is 10.1. The van der Waals surface area contributed by atoms with Crippen molar-refractivity contribution in [3.8, 4) is 0 Å². The predicted octanol–water partition coefficient (Wildman–Crippen LogP) is 4.88. The summed E-state index contributed by atoms with van der Waals surface area (Å²) < 4.78 is 1.83. The summed E-state index contributed by atoms with van der Waals surface area (Å²) in [5.41, 5.74) is 5.13. The molecule has 0 unspecified atom stereocenters. The standard InChI is InChI=1S/C25H23ClN4O2/c1-16-7-12-20(13-17(16)2)28-24(31)15-30-22-6-4-3-5-21(22)29-23(30)14-27-25(32)18-8-10-19(26)11-9-18/h3-13H,14-15H2,1-2H3,(H,27,32)(H,28,31). The monoisotopic (exact) mass is 446 g/mol. The van der Waals surface area contributed by atoms with E-state index in [-0.39, 0.29) is 24.9 Å². The van der Waals surface area contributed by atoms with Gasteiger partial charge in [0.15, 0.2) is 0 Å². The van der Waals surface area contributed by atoms with Gasteiger partial charge in [-0.2, -0.15) is 0 Å². The third-order valence-corrected chi connectivity index (χ3v) is 5.59. The number of hydrogen-bond acceptors (Lipinski definition) is 3. The Morgan fingerprint density at radius 1 is 0.969 bits per heavy atom. The molecule has 7 heteroatoms. The summed E-state index contributed by atoms with van der Waals surface area (Å²) in [4.78, 5) is 29.9. The Bertz CT molecular complexity index is 1300. The lowest BCUT2D eigenvalue weighted by Crippen LogP contribution is -2.26. The van der Waals surface area contributed by atoms with Crippen LogP contribution in [0, 0.1) is 13.8 Å². The van der Waals surface area contributed by atoms with E-state index < -0.39 is 0 Å². The van der Waals surface area contributed by atoms with E-state index in [1.807, 2.05) is 60.9 Å². The highest BCUT2D eigenvalue weighted by molar-refractivity contribution is 6.30. The fraction of sp³-hybridized carbons (Fsp3) is 0.160. The molecule has 0 aliphatic rings. The van der Waals surface area contributed by atoms with Crippen LogP contribution in [0.4, 0.5) is 5.69 Å². The minimum atomic E-state index is -0.236. The maximum absolute atomic E-state index is 12.8. The highest BCUT2D eigenvalue weighted by Crippen LogP contribution is 2.18. The second-order valence-electron chi connectivity index (χ2n) is 7.64. The van der Waals surface area contributed by atoms with E-state index in [4.69, 9.17) is 11.6 Å². The molecule has 4 rings (SSSR count). The minimum absolute atomic E-state index is 0.0829. The molecule has 3 aromatic carbocycles. The van der Waals surface area contributed by atoms with Gasteiger partial charge in [0.2, 0.25) is 5.91 Å². The van der Waals surface area contributed by atoms with Gasteiger partial charge in [-0.05, 0) is 73.5 Å². The summed E-state index contributed by atoms with van der Waals surface area (Å²) in [6.07, 6.45) is 0. The SMILES string of the molecule is Cc1ccc(NC(=O)Cn2c(CNC(=O)c3ccc(Cl)cc3)nc3ccccc32)cc1C. The highest BCUT2D eigenvalue weighted by Gasteiger charge is 2.15. The molecular weight excluding hydrogens is 424 g/mol. The number of amides is 2. The number of carbonyl (C=O) groups excluding carboxylic acids is 2. The summed E-state index contributed by atoms with van der Waals surface area (Å²) in [6.45, 7) is 4.31. The molecule has 0 saturated carbocycles. The molecule has 0 fully saturated rings. The Hall–Kier alpha value is -3.64. The molecule has 162 valence electrons. The van der Waals surface area contributed by atoms with E-state index in [0.29, 0.717) is 16.4 Å². The molecular formula is C25H23ClN4O2. The van der Waals surface area contributed by atoms with E-state index in [1.54, 1.807) is 24.3 Å². The number of imidazole rings is 1. The Kier molecular flexibility index (Phi) is 6.23. The van der Waals surface area contributed by atoms with E-state index >= 15 is 0 Å². The number of para-hydroxylation sites is 2. The van der Waals surface area contributed by atoms with Crippen LogP contribution in [0.2, 0.25) is 5.02 Å². The summed E-state index contributed by atoms with van der Waals surface area (Å²) >= 11 is 5.90. The predicted molar refractivity (Wildman–Crippen MR) is 127 cm³/mol. The van der Waals surface area contributed by atoms with Crippen LogP contribution in [0.5, 0.6) is 0 Å². The number of fused-ring (bicyclic) bond motifs is 1. The molecule has 6 nitrogen and oxygen atoms in total. The Morgan fingerprint density at radius 2 is 1.72 bits per heavy atom. The Morgan fingerprint density at radius 3 is 2.47 bits per heavy atom. The number of hydrogen-bond donors (Lipinski definition) is 2. The van der Waals surface area contributed by atoms with E-state index in [1.165, 1.54) is 5.56 Å². The normalized spacial score (nSPS) is 10.8. The molecule has 0 spiro atoms. The molecule has 32 heavy (non-hydrogen) atoms. The second kappa shape index (κ2) is 9.24. The van der Waals surface area contributed by atoms with Gasteiger partial charge >= 0.3 is 0 Å². The molecule has 0 aliphatic carbocycles. The number of anilines is 1. The van der Waals surface area contributed by atoms with Crippen molar-refractivity contribution >= 4 is 40.1 Å². The van der Waals surface area contributed by atoms with Gasteiger partial charge in [0.1, 0.15) is 12.4 Å². The topological polar surface area (TPSA) is 76.0 Å². The molecule has 0 radical (unpaired) electrons. The van der Waals surface area contributed by atoms with Gasteiger partial charge in [-0.1, -0.05) is 29.8 Å². The molecule has 2 amide bonds. The van der Waals surface area contributed by atoms with Gasteiger partial charge in [0.05, 0.1) is 17.6 Å². The minimum Gasteiger partial charge on any atom is -0.345 e. The molecule has 0 saturated heterocycles. The molecule has 1 heterocycles. The number of benzene rings is 3. The Balaban J connectivity index is 1.53. The summed E-state index contributed by atoms with van der Waals surface area (Å²) in [6, 6.07) is 20.1. The van der Waals surface area contributed by atoms with E-state index in [2.05, 4.69) is 15.6 Å². The van der Waals surface area contributed by atoms with Crippen molar-refractivity contribution in [3.05, 3.63) is 94.3 Å². The van der Waals surface area contributed by atoms with Gasteiger partial charge < -0.3 is 15.2 Å². The summed E-state index contributed by atoms with van der Waals surface area (Å²) in [7, 11) is 0. The van der Waals surface area contributed by atoms with Crippen LogP contribution >= 0.6 is 11.6 Å². The van der Waals surface area contributed by atoms with Gasteiger partial charge in [0.25, 0.3) is 5.91 Å². The van der Waals surface area contributed by atoms with E-state index in [0.717, 1.165) is 22.3 Å². The van der Waals surface area contributed by atoms with Gasteiger partial charge in [-0.3, -0.25) is 9.59 Å². The molecule has 0 bridgehead atoms. The smallest absolute Gasteiger partial charge is 0.251 e. The van der Waals surface area contributed by atoms with Crippen LogP contribution < -0.4 is 10.6 Å². The molecule has 2 N–H and O–H groups in total. The number of halogens is 1. The maximum Gasteiger partial charge on any atom is 0.251 e. The van der Waals surface area contributed by atoms with Crippen molar-refractivity contribution in [3.63, 3.8) is 0 Å². The number of aromatic nitrogens is 2. The largest absolute Gasteiger partial charge is 0.345 e. The van der Waals surface area contributed by atoms with Crippen molar-refractivity contribution in [2.75, 3.05) is 5.32 Å². The molecule has 1 aromatic heterocycles. The molecule has 4 aromatic rings. The second-order valence-corrected chi connectivity index (χ2v) is 8.08. The highest BCUT2D eigenvalue weighted by atomic mass is 35.5. The summed E-state index contributed by atoms with van der Waals surface area (Å²) in [5, 5.41) is 6.39. The number of carbonyl (C=O) groups is 2. The average Bonchev–Trinajstić information content (AvgIpc) is 3.12. The van der Waals surface area contributed by atoms with Crippen LogP contribution in [-0.4, -0.2) is 21.4 Å². The van der Waals surface area contributed by atoms with Crippen LogP contribution in [0.1, 0.15) is 27.3 Å². The van der Waals surface area contributed by atoms with Gasteiger partial charge in [0, 0.05) is 16.3 Å². The fourth-order valence-electron chi connectivity index (χ4n) is 3.46. The number of nitrogens with zero attached hydrogens (tertiary/aromatic N) is 2. The first-order chi connectivity index (χ1) is 15.4. The zero-order chi connectivity index (χ0) is 22.7. The van der Waals surface area contributed by atoms with Crippen molar-refractivity contribution < 1.29 is 9.59 Å². The molecule has 0 atom stereocenters. The quantitative estimate of drug-likeness (QED) is 0.443. The van der Waals surface area contributed by atoms with Crippen LogP contribution in [0.3, 0.4) is 0 Å². The number of aryl methyl sites for hydroxylation is 2. The van der Waals surface area contributed by atoms with Crippen molar-refractivity contribution in [1.82, 2.24) is 14.9 Å². The maximum atomic E-state index is 12.8. The molecule has 0 aliphatic heterocycles. The van der Waals surface area contributed by atoms with Crippen molar-refractivity contribution in [2.45, 2.75) is 26.9 Å². The first-order valence-corrected chi connectivity index (χ1v) is 10.6. The van der Waals surface area contributed by atoms with Gasteiger partial charge in [-0.15, -0.1) is 0 Å². The third kappa shape index (κ3) is 4.81.